The van der Waals surface area contributed by atoms with Crippen molar-refractivity contribution in [2.45, 2.75) is 19.3 Å². The quantitative estimate of drug-likeness (QED) is 0.593. The van der Waals surface area contributed by atoms with Gasteiger partial charge >= 0.3 is 6.03 Å². The van der Waals surface area contributed by atoms with Crippen molar-refractivity contribution >= 4 is 17.6 Å². The highest BCUT2D eigenvalue weighted by Crippen LogP contribution is 2.18. The lowest BCUT2D eigenvalue weighted by molar-refractivity contribution is 0.206. The number of hydrogen-bond donors (Lipinski definition) is 2. The Hall–Kier alpha value is -2.86. The molecule has 0 spiro atoms. The Morgan fingerprint density at radius 2 is 1.96 bits per heavy atom. The predicted molar refractivity (Wildman–Crippen MR) is 113 cm³/mol. The Kier molecular flexibility index (Phi) is 7.03. The molecule has 0 radical (unpaired) electrons. The number of hydrogen-bond acceptors (Lipinski definition) is 3. The minimum Gasteiger partial charge on any atom is -0.497 e. The van der Waals surface area contributed by atoms with Gasteiger partial charge in [0.1, 0.15) is 11.6 Å². The Bertz CT molecular complexity index is 790. The van der Waals surface area contributed by atoms with Crippen molar-refractivity contribution in [3.63, 3.8) is 0 Å². The van der Waals surface area contributed by atoms with Crippen LogP contribution < -0.4 is 15.8 Å². The molecule has 1 saturated heterocycles. The molecule has 1 atom stereocenters. The van der Waals surface area contributed by atoms with E-state index in [-0.39, 0.29) is 5.92 Å². The van der Waals surface area contributed by atoms with Crippen LogP contribution in [0.1, 0.15) is 18.4 Å². The number of piperidine rings is 1. The van der Waals surface area contributed by atoms with Gasteiger partial charge in [-0.15, -0.1) is 0 Å². The zero-order valence-electron chi connectivity index (χ0n) is 16.3. The summed E-state index contributed by atoms with van der Waals surface area (Å²) >= 11 is 0. The molecule has 0 unspecified atom stereocenters. The fourth-order valence-electron chi connectivity index (χ4n) is 3.47. The molecule has 0 saturated carbocycles. The minimum atomic E-state index is -0.441. The molecule has 1 aliphatic heterocycles. The number of nitrogens with one attached hydrogen (secondary N) is 1. The number of nitrogens with two attached hydrogens (primary N) is 1. The molecule has 0 aliphatic carbocycles. The zero-order valence-corrected chi connectivity index (χ0v) is 16.3. The van der Waals surface area contributed by atoms with Gasteiger partial charge in [-0.1, -0.05) is 30.3 Å². The number of benzene rings is 2. The fraction of sp³-hybridized carbons (Fsp3) is 0.364. The lowest BCUT2D eigenvalue weighted by atomic mass is 9.96. The molecule has 2 amide bonds. The van der Waals surface area contributed by atoms with E-state index in [4.69, 9.17) is 10.5 Å². The molecule has 1 aliphatic rings. The van der Waals surface area contributed by atoms with Gasteiger partial charge in [-0.05, 0) is 55.6 Å². The zero-order chi connectivity index (χ0) is 19.8. The average Bonchev–Trinajstić information content (AvgIpc) is 2.73. The van der Waals surface area contributed by atoms with Crippen molar-refractivity contribution in [1.29, 1.82) is 0 Å². The SMILES string of the molecule is COc1ccc(NC(=O)/N=C(\N)[C@H]2CCCN(CCc3ccccc3)C2)cc1. The van der Waals surface area contributed by atoms with Gasteiger partial charge in [-0.2, -0.15) is 4.99 Å². The van der Waals surface area contributed by atoms with E-state index >= 15 is 0 Å². The van der Waals surface area contributed by atoms with Crippen LogP contribution in [0.2, 0.25) is 0 Å². The highest BCUT2D eigenvalue weighted by atomic mass is 16.5. The number of urea groups is 1. The van der Waals surface area contributed by atoms with Crippen molar-refractivity contribution in [1.82, 2.24) is 4.90 Å². The third-order valence-corrected chi connectivity index (χ3v) is 5.06. The maximum atomic E-state index is 12.2. The van der Waals surface area contributed by atoms with E-state index in [0.29, 0.717) is 11.5 Å². The van der Waals surface area contributed by atoms with E-state index in [0.717, 1.165) is 44.6 Å². The summed E-state index contributed by atoms with van der Waals surface area (Å²) in [5.41, 5.74) is 8.16. The molecule has 0 bridgehead atoms. The van der Waals surface area contributed by atoms with Crippen LogP contribution in [0.4, 0.5) is 10.5 Å². The smallest absolute Gasteiger partial charge is 0.347 e. The van der Waals surface area contributed by atoms with E-state index < -0.39 is 6.03 Å². The van der Waals surface area contributed by atoms with Crippen molar-refractivity contribution in [3.05, 3.63) is 60.2 Å². The van der Waals surface area contributed by atoms with Crippen LogP contribution in [0.5, 0.6) is 5.75 Å². The summed E-state index contributed by atoms with van der Waals surface area (Å²) in [6.45, 7) is 2.90. The van der Waals surface area contributed by atoms with Crippen molar-refractivity contribution < 1.29 is 9.53 Å². The molecule has 148 valence electrons. The first-order valence-corrected chi connectivity index (χ1v) is 9.69. The van der Waals surface area contributed by atoms with Gasteiger partial charge in [-0.25, -0.2) is 4.79 Å². The van der Waals surface area contributed by atoms with Gasteiger partial charge < -0.3 is 20.7 Å². The van der Waals surface area contributed by atoms with E-state index in [1.807, 2.05) is 6.07 Å². The number of amides is 2. The van der Waals surface area contributed by atoms with Crippen LogP contribution in [0, 0.1) is 5.92 Å². The molecule has 6 nitrogen and oxygen atoms in total. The fourth-order valence-corrected chi connectivity index (χ4v) is 3.47. The van der Waals surface area contributed by atoms with Gasteiger partial charge in [0.2, 0.25) is 0 Å². The second-order valence-electron chi connectivity index (χ2n) is 7.07. The number of amidine groups is 1. The highest BCUT2D eigenvalue weighted by Gasteiger charge is 2.23. The first-order chi connectivity index (χ1) is 13.6. The van der Waals surface area contributed by atoms with Gasteiger partial charge in [0.25, 0.3) is 0 Å². The third kappa shape index (κ3) is 5.82. The lowest BCUT2D eigenvalue weighted by Gasteiger charge is -2.32. The number of ether oxygens (including phenoxy) is 1. The first kappa shape index (κ1) is 19.9. The Balaban J connectivity index is 1.51. The van der Waals surface area contributed by atoms with Crippen LogP contribution in [0.15, 0.2) is 59.6 Å². The largest absolute Gasteiger partial charge is 0.497 e. The second kappa shape index (κ2) is 9.90. The van der Waals surface area contributed by atoms with Crippen LogP contribution in [0.25, 0.3) is 0 Å². The molecule has 3 rings (SSSR count). The van der Waals surface area contributed by atoms with Gasteiger partial charge in [0.05, 0.1) is 7.11 Å². The van der Waals surface area contributed by atoms with E-state index in [1.54, 1.807) is 31.4 Å². The van der Waals surface area contributed by atoms with Crippen LogP contribution in [-0.4, -0.2) is 43.5 Å². The van der Waals surface area contributed by atoms with Crippen LogP contribution in [0.3, 0.4) is 0 Å². The summed E-state index contributed by atoms with van der Waals surface area (Å²) < 4.78 is 5.11. The molecule has 2 aromatic carbocycles. The highest BCUT2D eigenvalue weighted by molar-refractivity contribution is 6.00. The summed E-state index contributed by atoms with van der Waals surface area (Å²) in [5.74, 6) is 1.26. The van der Waals surface area contributed by atoms with Crippen molar-refractivity contribution in [2.75, 3.05) is 32.1 Å². The average molecular weight is 380 g/mol. The van der Waals surface area contributed by atoms with Gasteiger partial charge in [0.15, 0.2) is 0 Å². The first-order valence-electron chi connectivity index (χ1n) is 9.69. The summed E-state index contributed by atoms with van der Waals surface area (Å²) in [7, 11) is 1.60. The predicted octanol–water partition coefficient (Wildman–Crippen LogP) is 3.54. The summed E-state index contributed by atoms with van der Waals surface area (Å²) in [6, 6.07) is 17.2. The Morgan fingerprint density at radius 3 is 2.68 bits per heavy atom. The number of aliphatic imine (C=N–C) groups is 1. The maximum absolute atomic E-state index is 12.2. The molecular weight excluding hydrogens is 352 g/mol. The molecule has 3 N–H and O–H groups in total. The molecule has 1 heterocycles. The van der Waals surface area contributed by atoms with Crippen LogP contribution >= 0.6 is 0 Å². The number of rotatable bonds is 6. The summed E-state index contributed by atoms with van der Waals surface area (Å²) in [6.07, 6.45) is 3.05. The molecular formula is C22H28N4O2. The third-order valence-electron chi connectivity index (χ3n) is 5.06. The standard InChI is InChI=1S/C22H28N4O2/c1-28-20-11-9-19(10-12-20)24-22(27)25-21(23)18-8-5-14-26(16-18)15-13-17-6-3-2-4-7-17/h2-4,6-7,9-12,18H,5,8,13-16H2,1H3,(H3,23,24,25,27)/t18-/m0/s1. The van der Waals surface area contributed by atoms with Gasteiger partial charge in [0, 0.05) is 24.7 Å². The monoisotopic (exact) mass is 380 g/mol. The van der Waals surface area contributed by atoms with Gasteiger partial charge in [-0.3, -0.25) is 0 Å². The number of nitrogens with zero attached hydrogens (tertiary/aromatic N) is 2. The Morgan fingerprint density at radius 1 is 1.21 bits per heavy atom. The molecule has 1 fully saturated rings. The maximum Gasteiger partial charge on any atom is 0.347 e. The second-order valence-corrected chi connectivity index (χ2v) is 7.07. The molecule has 0 aromatic heterocycles. The van der Waals surface area contributed by atoms with E-state index in [2.05, 4.69) is 39.5 Å². The van der Waals surface area contributed by atoms with Crippen molar-refractivity contribution in [3.8, 4) is 5.75 Å². The lowest BCUT2D eigenvalue weighted by Crippen LogP contribution is -2.42. The van der Waals surface area contributed by atoms with E-state index in [1.165, 1.54) is 5.56 Å². The number of methoxy groups -OCH3 is 1. The molecule has 6 heteroatoms. The normalized spacial score (nSPS) is 17.9. The summed E-state index contributed by atoms with van der Waals surface area (Å²) in [4.78, 5) is 18.7. The number of anilines is 1. The molecule has 28 heavy (non-hydrogen) atoms. The molecule has 2 aromatic rings. The Labute approximate surface area is 166 Å². The van der Waals surface area contributed by atoms with Crippen LogP contribution in [-0.2, 0) is 6.42 Å². The van der Waals surface area contributed by atoms with Crippen molar-refractivity contribution in [2.24, 2.45) is 16.6 Å². The van der Waals surface area contributed by atoms with E-state index in [9.17, 15) is 4.79 Å². The number of carbonyl (C=O) groups excluding carboxylic acids is 1. The number of carbonyl (C=O) groups is 1. The summed E-state index contributed by atoms with van der Waals surface area (Å²) in [5, 5.41) is 2.75. The number of likely N-dealkylation sites (tertiary alicyclic amines) is 1. The topological polar surface area (TPSA) is 79.9 Å². The minimum absolute atomic E-state index is 0.117.